The van der Waals surface area contributed by atoms with Crippen LogP contribution in [0.25, 0.3) is 11.1 Å². The van der Waals surface area contributed by atoms with E-state index in [0.717, 1.165) is 6.26 Å². The largest absolute Gasteiger partial charge is 0.409 e. The molecule has 0 aromatic heterocycles. The van der Waals surface area contributed by atoms with E-state index in [1.54, 1.807) is 56.3 Å². The van der Waals surface area contributed by atoms with Crippen molar-refractivity contribution < 1.29 is 26.8 Å². The van der Waals surface area contributed by atoms with Gasteiger partial charge in [0.25, 0.3) is 0 Å². The number of rotatable bonds is 9. The molecule has 5 N–H and O–H groups in total. The first-order chi connectivity index (χ1) is 17.3. The van der Waals surface area contributed by atoms with Gasteiger partial charge in [0.2, 0.25) is 15.9 Å². The van der Waals surface area contributed by atoms with Crippen molar-refractivity contribution in [3.63, 3.8) is 0 Å². The van der Waals surface area contributed by atoms with E-state index in [2.05, 4.69) is 15.2 Å². The molecular weight excluding hydrogens is 516 g/mol. The van der Waals surface area contributed by atoms with Crippen LogP contribution in [0.3, 0.4) is 0 Å². The number of amidine groups is 1. The lowest BCUT2D eigenvalue weighted by molar-refractivity contribution is -0.118. The summed E-state index contributed by atoms with van der Waals surface area (Å²) in [6, 6.07) is 17.6. The first kappa shape index (κ1) is 27.8. The van der Waals surface area contributed by atoms with Crippen molar-refractivity contribution in [3.8, 4) is 11.1 Å². The molecule has 0 saturated heterocycles. The Balaban J connectivity index is 1.81. The minimum absolute atomic E-state index is 0.149. The minimum atomic E-state index is -4.13. The van der Waals surface area contributed by atoms with Gasteiger partial charge in [-0.15, -0.1) is 0 Å². The standard InChI is InChI=1S/C25H28N4O6S2/c1-16(2)23(29-37(34,35)20-8-6-7-18(15-20)24(26)28-31)25(30)27-19-13-11-17(12-14-19)21-9-4-5-10-22(21)36(3,32)33/h4-16,23,29,31H,1-3H3,(H2,26,28)(H,27,30). The number of nitrogens with two attached hydrogens (primary N) is 1. The van der Waals surface area contributed by atoms with Crippen LogP contribution in [0.15, 0.2) is 87.7 Å². The van der Waals surface area contributed by atoms with Crippen LogP contribution in [0, 0.1) is 5.92 Å². The number of amides is 1. The molecule has 1 unspecified atom stereocenters. The van der Waals surface area contributed by atoms with Gasteiger partial charge in [-0.1, -0.05) is 61.5 Å². The van der Waals surface area contributed by atoms with Gasteiger partial charge in [0.05, 0.1) is 9.79 Å². The fourth-order valence-corrected chi connectivity index (χ4v) is 5.89. The zero-order valence-electron chi connectivity index (χ0n) is 20.4. The quantitative estimate of drug-likeness (QED) is 0.139. The van der Waals surface area contributed by atoms with Crippen molar-refractivity contribution in [3.05, 3.63) is 78.4 Å². The smallest absolute Gasteiger partial charge is 0.242 e. The van der Waals surface area contributed by atoms with Gasteiger partial charge in [-0.05, 0) is 41.8 Å². The molecule has 3 aromatic carbocycles. The molecule has 3 rings (SSSR count). The predicted molar refractivity (Wildman–Crippen MR) is 142 cm³/mol. The second kappa shape index (κ2) is 11.1. The van der Waals surface area contributed by atoms with E-state index >= 15 is 0 Å². The molecule has 0 saturated carbocycles. The Hall–Kier alpha value is -3.74. The van der Waals surface area contributed by atoms with Gasteiger partial charge in [0.1, 0.15) is 6.04 Å². The number of sulfone groups is 1. The highest BCUT2D eigenvalue weighted by atomic mass is 32.2. The third kappa shape index (κ3) is 6.73. The average Bonchev–Trinajstić information content (AvgIpc) is 2.86. The summed E-state index contributed by atoms with van der Waals surface area (Å²) in [6.07, 6.45) is 1.14. The maximum Gasteiger partial charge on any atom is 0.242 e. The highest BCUT2D eigenvalue weighted by Gasteiger charge is 2.29. The van der Waals surface area contributed by atoms with Crippen molar-refractivity contribution in [2.75, 3.05) is 11.6 Å². The maximum absolute atomic E-state index is 13.0. The number of carbonyl (C=O) groups is 1. The zero-order valence-corrected chi connectivity index (χ0v) is 22.0. The molecule has 37 heavy (non-hydrogen) atoms. The van der Waals surface area contributed by atoms with E-state index in [1.807, 2.05) is 0 Å². The van der Waals surface area contributed by atoms with Gasteiger partial charge in [0, 0.05) is 23.1 Å². The van der Waals surface area contributed by atoms with Crippen molar-refractivity contribution in [2.45, 2.75) is 29.7 Å². The molecule has 0 spiro atoms. The molecule has 1 atom stereocenters. The summed E-state index contributed by atoms with van der Waals surface area (Å²) in [5.74, 6) is -1.23. The summed E-state index contributed by atoms with van der Waals surface area (Å²) in [6.45, 7) is 3.40. The minimum Gasteiger partial charge on any atom is -0.409 e. The van der Waals surface area contributed by atoms with E-state index in [-0.39, 0.29) is 21.2 Å². The summed E-state index contributed by atoms with van der Waals surface area (Å²) in [5, 5.41) is 14.4. The van der Waals surface area contributed by atoms with Gasteiger partial charge in [-0.3, -0.25) is 4.79 Å². The van der Waals surface area contributed by atoms with Crippen molar-refractivity contribution in [2.24, 2.45) is 16.8 Å². The van der Waals surface area contributed by atoms with E-state index in [0.29, 0.717) is 16.8 Å². The number of hydrogen-bond donors (Lipinski definition) is 4. The first-order valence-electron chi connectivity index (χ1n) is 11.1. The number of nitrogens with zero attached hydrogens (tertiary/aromatic N) is 1. The number of sulfonamides is 1. The van der Waals surface area contributed by atoms with Gasteiger partial charge in [-0.25, -0.2) is 16.8 Å². The van der Waals surface area contributed by atoms with Crippen LogP contribution >= 0.6 is 0 Å². The van der Waals surface area contributed by atoms with E-state index in [1.165, 1.54) is 30.3 Å². The van der Waals surface area contributed by atoms with Crippen LogP contribution in [0.2, 0.25) is 0 Å². The molecule has 0 fully saturated rings. The third-order valence-corrected chi connectivity index (χ3v) is 8.12. The van der Waals surface area contributed by atoms with Crippen LogP contribution in [0.1, 0.15) is 19.4 Å². The summed E-state index contributed by atoms with van der Waals surface area (Å²) in [7, 11) is -7.57. The summed E-state index contributed by atoms with van der Waals surface area (Å²) < 4.78 is 52.7. The van der Waals surface area contributed by atoms with Crippen molar-refractivity contribution >= 4 is 37.3 Å². The van der Waals surface area contributed by atoms with Gasteiger partial charge < -0.3 is 16.3 Å². The molecule has 10 nitrogen and oxygen atoms in total. The highest BCUT2D eigenvalue weighted by molar-refractivity contribution is 7.91. The molecular formula is C25H28N4O6S2. The number of oxime groups is 1. The fraction of sp³-hybridized carbons (Fsp3) is 0.200. The van der Waals surface area contributed by atoms with Crippen LogP contribution in [0.4, 0.5) is 5.69 Å². The van der Waals surface area contributed by atoms with Crippen molar-refractivity contribution in [1.29, 1.82) is 0 Å². The summed E-state index contributed by atoms with van der Waals surface area (Å²) in [5.41, 5.74) is 7.34. The number of carbonyl (C=O) groups excluding carboxylic acids is 1. The predicted octanol–water partition coefficient (Wildman–Crippen LogP) is 2.79. The molecule has 0 heterocycles. The topological polar surface area (TPSA) is 168 Å². The first-order valence-corrected chi connectivity index (χ1v) is 14.5. The second-order valence-corrected chi connectivity index (χ2v) is 12.4. The SMILES string of the molecule is CC(C)C(NS(=O)(=O)c1cccc(C(N)=NO)c1)C(=O)Nc1ccc(-c2ccccc2S(C)(=O)=O)cc1. The number of nitrogens with one attached hydrogen (secondary N) is 2. The number of hydrogen-bond acceptors (Lipinski definition) is 7. The van der Waals surface area contributed by atoms with Crippen LogP contribution in [-0.2, 0) is 24.7 Å². The monoisotopic (exact) mass is 544 g/mol. The van der Waals surface area contributed by atoms with Gasteiger partial charge in [0.15, 0.2) is 15.7 Å². The maximum atomic E-state index is 13.0. The molecule has 196 valence electrons. The summed E-state index contributed by atoms with van der Waals surface area (Å²) in [4.78, 5) is 13.1. The average molecular weight is 545 g/mol. The normalized spacial score (nSPS) is 13.4. The Labute approximate surface area is 216 Å². The molecule has 0 bridgehead atoms. The lowest BCUT2D eigenvalue weighted by atomic mass is 10.0. The fourth-order valence-electron chi connectivity index (χ4n) is 3.59. The Bertz CT molecular complexity index is 1530. The van der Waals surface area contributed by atoms with Gasteiger partial charge in [-0.2, -0.15) is 4.72 Å². The van der Waals surface area contributed by atoms with Crippen LogP contribution < -0.4 is 15.8 Å². The summed E-state index contributed by atoms with van der Waals surface area (Å²) >= 11 is 0. The molecule has 0 aliphatic rings. The second-order valence-electron chi connectivity index (χ2n) is 8.69. The van der Waals surface area contributed by atoms with Gasteiger partial charge >= 0.3 is 0 Å². The van der Waals surface area contributed by atoms with E-state index in [9.17, 15) is 21.6 Å². The molecule has 12 heteroatoms. The Morgan fingerprint density at radius 2 is 1.59 bits per heavy atom. The Kier molecular flexibility index (Phi) is 8.36. The number of anilines is 1. The molecule has 3 aromatic rings. The molecule has 1 amide bonds. The molecule has 0 radical (unpaired) electrons. The van der Waals surface area contributed by atoms with Crippen molar-refractivity contribution in [1.82, 2.24) is 4.72 Å². The van der Waals surface area contributed by atoms with E-state index in [4.69, 9.17) is 10.9 Å². The Morgan fingerprint density at radius 1 is 0.946 bits per heavy atom. The van der Waals surface area contributed by atoms with Crippen LogP contribution in [0.5, 0.6) is 0 Å². The number of benzene rings is 3. The molecule has 0 aliphatic carbocycles. The molecule has 0 aliphatic heterocycles. The zero-order chi connectivity index (χ0) is 27.4. The Morgan fingerprint density at radius 3 is 2.19 bits per heavy atom. The lowest BCUT2D eigenvalue weighted by Crippen LogP contribution is -2.47. The third-order valence-electron chi connectivity index (χ3n) is 5.53. The highest BCUT2D eigenvalue weighted by Crippen LogP contribution is 2.28. The van der Waals surface area contributed by atoms with E-state index < -0.39 is 37.7 Å². The lowest BCUT2D eigenvalue weighted by Gasteiger charge is -2.22. The van der Waals surface area contributed by atoms with Crippen LogP contribution in [-0.4, -0.2) is 46.1 Å².